The van der Waals surface area contributed by atoms with Crippen LogP contribution in [0.2, 0.25) is 0 Å². The van der Waals surface area contributed by atoms with E-state index in [9.17, 15) is 17.4 Å². The molecule has 7 heteroatoms. The van der Waals surface area contributed by atoms with E-state index < -0.39 is 22.7 Å². The van der Waals surface area contributed by atoms with Crippen LogP contribution in [0.4, 0.5) is 13.2 Å². The van der Waals surface area contributed by atoms with Crippen LogP contribution in [0.25, 0.3) is 0 Å². The van der Waals surface area contributed by atoms with E-state index >= 15 is 0 Å². The Labute approximate surface area is 144 Å². The highest BCUT2D eigenvalue weighted by Crippen LogP contribution is 2.39. The lowest BCUT2D eigenvalue weighted by molar-refractivity contribution is -0.141. The lowest BCUT2D eigenvalue weighted by atomic mass is 9.91. The highest BCUT2D eigenvalue weighted by Gasteiger charge is 2.47. The molecule has 0 aromatic carbocycles. The molecule has 1 spiro atoms. The zero-order valence-electron chi connectivity index (χ0n) is 14.2. The second kappa shape index (κ2) is 7.95. The second-order valence-corrected chi connectivity index (χ2v) is 7.86. The Balaban J connectivity index is 0.00000100. The number of aromatic nitrogens is 1. The van der Waals surface area contributed by atoms with Crippen molar-refractivity contribution in [3.63, 3.8) is 0 Å². The van der Waals surface area contributed by atoms with E-state index in [1.165, 1.54) is 6.20 Å². The van der Waals surface area contributed by atoms with Crippen LogP contribution < -0.4 is 0 Å². The van der Waals surface area contributed by atoms with Crippen LogP contribution in [0.1, 0.15) is 37.9 Å². The molecule has 3 rings (SSSR count). The van der Waals surface area contributed by atoms with Gasteiger partial charge in [-0.15, -0.1) is 0 Å². The fraction of sp³-hybridized carbons (Fsp3) is 0.706. The summed E-state index contributed by atoms with van der Waals surface area (Å²) in [4.78, 5) is 5.73. The summed E-state index contributed by atoms with van der Waals surface area (Å²) in [5.74, 6) is 1.64. The number of nitrogens with zero attached hydrogens (tertiary/aromatic N) is 2. The van der Waals surface area contributed by atoms with Gasteiger partial charge in [0.05, 0.1) is 0 Å². The maximum absolute atomic E-state index is 12.6. The minimum Gasteiger partial charge on any atom is -0.303 e. The SMILES string of the molecule is CC.O=S1CC2(CCN(CCCc3ccnc(C(F)(F)F)c3)C2)C1. The van der Waals surface area contributed by atoms with Gasteiger partial charge in [0, 0.05) is 40.5 Å². The summed E-state index contributed by atoms with van der Waals surface area (Å²) < 4.78 is 49.1. The Morgan fingerprint density at radius 2 is 2.04 bits per heavy atom. The molecule has 2 saturated heterocycles. The molecule has 0 radical (unpaired) electrons. The summed E-state index contributed by atoms with van der Waals surface area (Å²) in [6, 6.07) is 2.79. The van der Waals surface area contributed by atoms with Crippen LogP contribution in [-0.2, 0) is 23.4 Å². The van der Waals surface area contributed by atoms with Crippen LogP contribution in [0.15, 0.2) is 18.3 Å². The Hall–Kier alpha value is -0.950. The van der Waals surface area contributed by atoms with Crippen molar-refractivity contribution in [2.75, 3.05) is 31.1 Å². The number of hydrogen-bond acceptors (Lipinski definition) is 3. The van der Waals surface area contributed by atoms with Crippen molar-refractivity contribution in [1.29, 1.82) is 0 Å². The maximum atomic E-state index is 12.6. The summed E-state index contributed by atoms with van der Waals surface area (Å²) in [6.45, 7) is 6.89. The molecule has 0 N–H and O–H groups in total. The average Bonchev–Trinajstić information content (AvgIpc) is 2.93. The van der Waals surface area contributed by atoms with E-state index in [-0.39, 0.29) is 5.41 Å². The Bertz CT molecular complexity index is 569. The first-order valence-electron chi connectivity index (χ1n) is 8.46. The van der Waals surface area contributed by atoms with Crippen LogP contribution in [0, 0.1) is 5.41 Å². The monoisotopic (exact) mass is 362 g/mol. The molecule has 1 aromatic heterocycles. The van der Waals surface area contributed by atoms with E-state index in [0.29, 0.717) is 12.0 Å². The summed E-state index contributed by atoms with van der Waals surface area (Å²) in [5.41, 5.74) is 0.133. The predicted octanol–water partition coefficient (Wildman–Crippen LogP) is 3.51. The zero-order valence-corrected chi connectivity index (χ0v) is 15.1. The lowest BCUT2D eigenvalue weighted by Gasteiger charge is -2.37. The van der Waals surface area contributed by atoms with Gasteiger partial charge in [0.15, 0.2) is 0 Å². The molecule has 2 aliphatic rings. The number of pyridine rings is 1. The molecule has 0 saturated carbocycles. The summed E-state index contributed by atoms with van der Waals surface area (Å²) in [7, 11) is -0.623. The van der Waals surface area contributed by atoms with Crippen LogP contribution in [0.3, 0.4) is 0 Å². The van der Waals surface area contributed by atoms with Gasteiger partial charge < -0.3 is 4.90 Å². The molecule has 0 atom stereocenters. The normalized spacial score (nSPS) is 26.8. The standard InChI is InChI=1S/C15H19F3N2OS.C2H6/c16-15(17,18)13-8-12(3-5-19-13)2-1-6-20-7-4-14(9-20)10-22(21)11-14;1-2/h3,5,8H,1-2,4,6-7,9-11H2;1-2H3. The van der Waals surface area contributed by atoms with Crippen molar-refractivity contribution in [1.82, 2.24) is 9.88 Å². The quantitative estimate of drug-likeness (QED) is 0.822. The highest BCUT2D eigenvalue weighted by molar-refractivity contribution is 7.86. The molecular formula is C17H25F3N2OS. The van der Waals surface area contributed by atoms with Gasteiger partial charge in [-0.25, -0.2) is 0 Å². The minimum absolute atomic E-state index is 0.269. The smallest absolute Gasteiger partial charge is 0.303 e. The number of alkyl halides is 3. The van der Waals surface area contributed by atoms with Gasteiger partial charge in [-0.1, -0.05) is 13.8 Å². The fourth-order valence-corrected chi connectivity index (χ4v) is 5.14. The van der Waals surface area contributed by atoms with Gasteiger partial charge in [0.25, 0.3) is 0 Å². The van der Waals surface area contributed by atoms with Crippen molar-refractivity contribution in [2.45, 2.75) is 39.3 Å². The van der Waals surface area contributed by atoms with Crippen molar-refractivity contribution < 1.29 is 17.4 Å². The molecular weight excluding hydrogens is 337 g/mol. The molecule has 24 heavy (non-hydrogen) atoms. The number of halogens is 3. The fourth-order valence-electron chi connectivity index (χ4n) is 3.39. The molecule has 1 aromatic rings. The Morgan fingerprint density at radius 1 is 1.33 bits per heavy atom. The molecule has 136 valence electrons. The maximum Gasteiger partial charge on any atom is 0.433 e. The second-order valence-electron chi connectivity index (χ2n) is 6.41. The lowest BCUT2D eigenvalue weighted by Crippen LogP contribution is -2.46. The van der Waals surface area contributed by atoms with Crippen molar-refractivity contribution in [3.8, 4) is 0 Å². The molecule has 3 nitrogen and oxygen atoms in total. The van der Waals surface area contributed by atoms with E-state index in [1.54, 1.807) is 6.07 Å². The third-order valence-electron chi connectivity index (χ3n) is 4.51. The molecule has 0 amide bonds. The summed E-state index contributed by atoms with van der Waals surface area (Å²) in [6.07, 6.45) is -0.586. The average molecular weight is 362 g/mol. The van der Waals surface area contributed by atoms with Crippen molar-refractivity contribution in [3.05, 3.63) is 29.6 Å². The first kappa shape index (κ1) is 19.4. The third-order valence-corrected chi connectivity index (χ3v) is 6.37. The Kier molecular flexibility index (Phi) is 6.42. The van der Waals surface area contributed by atoms with E-state index in [2.05, 4.69) is 9.88 Å². The summed E-state index contributed by atoms with van der Waals surface area (Å²) >= 11 is 0. The van der Waals surface area contributed by atoms with Gasteiger partial charge in [-0.3, -0.25) is 9.19 Å². The van der Waals surface area contributed by atoms with Crippen LogP contribution in [-0.4, -0.2) is 45.2 Å². The van der Waals surface area contributed by atoms with Gasteiger partial charge >= 0.3 is 6.18 Å². The molecule has 0 unspecified atom stereocenters. The first-order valence-corrected chi connectivity index (χ1v) is 9.95. The largest absolute Gasteiger partial charge is 0.433 e. The summed E-state index contributed by atoms with van der Waals surface area (Å²) in [5, 5.41) is 0. The number of aryl methyl sites for hydroxylation is 1. The number of hydrogen-bond donors (Lipinski definition) is 0. The van der Waals surface area contributed by atoms with Crippen LogP contribution >= 0.6 is 0 Å². The molecule has 0 aliphatic carbocycles. The van der Waals surface area contributed by atoms with Gasteiger partial charge in [0.1, 0.15) is 5.69 Å². The van der Waals surface area contributed by atoms with Gasteiger partial charge in [-0.05, 0) is 50.0 Å². The Morgan fingerprint density at radius 3 is 2.67 bits per heavy atom. The highest BCUT2D eigenvalue weighted by atomic mass is 32.2. The predicted molar refractivity (Wildman–Crippen MR) is 90.3 cm³/mol. The van der Waals surface area contributed by atoms with Crippen molar-refractivity contribution in [2.24, 2.45) is 5.41 Å². The third kappa shape index (κ3) is 4.79. The van der Waals surface area contributed by atoms with E-state index in [1.807, 2.05) is 13.8 Å². The number of likely N-dealkylation sites (tertiary alicyclic amines) is 1. The number of rotatable bonds is 4. The topological polar surface area (TPSA) is 33.2 Å². The van der Waals surface area contributed by atoms with Crippen molar-refractivity contribution >= 4 is 10.8 Å². The molecule has 2 aliphatic heterocycles. The minimum atomic E-state index is -4.38. The molecule has 3 heterocycles. The van der Waals surface area contributed by atoms with Gasteiger partial charge in [0.2, 0.25) is 0 Å². The van der Waals surface area contributed by atoms with Crippen LogP contribution in [0.5, 0.6) is 0 Å². The van der Waals surface area contributed by atoms with E-state index in [0.717, 1.165) is 50.0 Å². The van der Waals surface area contributed by atoms with Gasteiger partial charge in [-0.2, -0.15) is 13.2 Å². The first-order chi connectivity index (χ1) is 11.4. The molecule has 0 bridgehead atoms. The zero-order chi connectivity index (χ0) is 17.8. The van der Waals surface area contributed by atoms with E-state index in [4.69, 9.17) is 0 Å². The molecule has 2 fully saturated rings.